The quantitative estimate of drug-likeness (QED) is 0.768. The Labute approximate surface area is 122 Å². The number of nitrogens with zero attached hydrogens (tertiary/aromatic N) is 1. The number of amides is 1. The van der Waals surface area contributed by atoms with Crippen LogP contribution in [0.5, 0.6) is 0 Å². The smallest absolute Gasteiger partial charge is 0.254 e. The van der Waals surface area contributed by atoms with E-state index in [0.717, 1.165) is 4.88 Å². The number of aliphatic hydroxyl groups is 1. The third-order valence-electron chi connectivity index (χ3n) is 2.98. The normalized spacial score (nSPS) is 22.2. The van der Waals surface area contributed by atoms with Crippen molar-refractivity contribution in [3.8, 4) is 11.8 Å². The largest absolute Gasteiger partial charge is 0.394 e. The molecule has 3 N–H and O–H groups in total. The molecule has 1 aromatic heterocycles. The molecule has 1 amide bonds. The van der Waals surface area contributed by atoms with Crippen molar-refractivity contribution in [1.29, 1.82) is 0 Å². The number of ether oxygens (including phenoxy) is 1. The summed E-state index contributed by atoms with van der Waals surface area (Å²) in [6, 6.07) is 1.78. The van der Waals surface area contributed by atoms with Crippen LogP contribution in [0.4, 0.5) is 0 Å². The number of hydrogen-bond donors (Lipinski definition) is 2. The van der Waals surface area contributed by atoms with E-state index in [-0.39, 0.29) is 24.7 Å². The first-order valence-electron chi connectivity index (χ1n) is 6.47. The summed E-state index contributed by atoms with van der Waals surface area (Å²) in [4.78, 5) is 15.0. The minimum Gasteiger partial charge on any atom is -0.394 e. The summed E-state index contributed by atoms with van der Waals surface area (Å²) in [5, 5.41) is 11.0. The zero-order valence-electron chi connectivity index (χ0n) is 11.3. The Bertz CT molecular complexity index is 532. The number of thiophene rings is 1. The molecule has 0 radical (unpaired) electrons. The predicted octanol–water partition coefficient (Wildman–Crippen LogP) is 0.280. The van der Waals surface area contributed by atoms with Crippen molar-refractivity contribution in [2.45, 2.75) is 19.1 Å². The van der Waals surface area contributed by atoms with Crippen LogP contribution in [-0.4, -0.2) is 54.4 Å². The van der Waals surface area contributed by atoms with Gasteiger partial charge in [-0.15, -0.1) is 11.3 Å². The van der Waals surface area contributed by atoms with E-state index in [1.807, 2.05) is 6.92 Å². The molecule has 20 heavy (non-hydrogen) atoms. The zero-order valence-corrected chi connectivity index (χ0v) is 12.2. The molecule has 6 heteroatoms. The highest BCUT2D eigenvalue weighted by molar-refractivity contribution is 7.10. The lowest BCUT2D eigenvalue weighted by atomic mass is 10.2. The first kappa shape index (κ1) is 15.0. The maximum absolute atomic E-state index is 12.4. The van der Waals surface area contributed by atoms with Gasteiger partial charge in [0.25, 0.3) is 5.91 Å². The molecule has 0 bridgehead atoms. The van der Waals surface area contributed by atoms with Crippen LogP contribution >= 0.6 is 11.3 Å². The predicted molar refractivity (Wildman–Crippen MR) is 77.6 cm³/mol. The van der Waals surface area contributed by atoms with Crippen LogP contribution in [0.3, 0.4) is 0 Å². The van der Waals surface area contributed by atoms with Crippen molar-refractivity contribution in [2.24, 2.45) is 5.73 Å². The van der Waals surface area contributed by atoms with Gasteiger partial charge in [0.05, 0.1) is 35.8 Å². The van der Waals surface area contributed by atoms with Crippen molar-refractivity contribution in [3.63, 3.8) is 0 Å². The molecular formula is C14H18N2O3S. The summed E-state index contributed by atoms with van der Waals surface area (Å²) in [6.45, 7) is 3.08. The number of carbonyl (C=O) groups is 1. The minimum atomic E-state index is -0.308. The first-order valence-corrected chi connectivity index (χ1v) is 7.35. The van der Waals surface area contributed by atoms with Crippen LogP contribution in [0.15, 0.2) is 11.4 Å². The van der Waals surface area contributed by atoms with Gasteiger partial charge in [-0.3, -0.25) is 4.79 Å². The van der Waals surface area contributed by atoms with Crippen LogP contribution in [0.1, 0.15) is 22.2 Å². The highest BCUT2D eigenvalue weighted by atomic mass is 32.1. The van der Waals surface area contributed by atoms with Gasteiger partial charge in [-0.05, 0) is 13.0 Å². The average molecular weight is 294 g/mol. The van der Waals surface area contributed by atoms with E-state index >= 15 is 0 Å². The molecule has 108 valence electrons. The molecule has 0 saturated carbocycles. The Kier molecular flexibility index (Phi) is 5.15. The van der Waals surface area contributed by atoms with Gasteiger partial charge in [-0.25, -0.2) is 0 Å². The fourth-order valence-electron chi connectivity index (χ4n) is 2.15. The number of rotatable bonds is 2. The maximum atomic E-state index is 12.4. The lowest BCUT2D eigenvalue weighted by Gasteiger charge is -2.35. The van der Waals surface area contributed by atoms with Crippen molar-refractivity contribution in [3.05, 3.63) is 21.9 Å². The second-order valence-corrected chi connectivity index (χ2v) is 5.58. The second kappa shape index (κ2) is 6.86. The van der Waals surface area contributed by atoms with Gasteiger partial charge in [0.2, 0.25) is 0 Å². The Morgan fingerprint density at radius 1 is 1.65 bits per heavy atom. The van der Waals surface area contributed by atoms with Gasteiger partial charge in [-0.2, -0.15) is 0 Å². The Morgan fingerprint density at radius 3 is 3.15 bits per heavy atom. The number of nitrogens with two attached hydrogens (primary N) is 1. The van der Waals surface area contributed by atoms with Gasteiger partial charge in [-0.1, -0.05) is 11.8 Å². The van der Waals surface area contributed by atoms with Crippen molar-refractivity contribution in [1.82, 2.24) is 4.90 Å². The first-order chi connectivity index (χ1) is 9.63. The van der Waals surface area contributed by atoms with Crippen LogP contribution in [0.25, 0.3) is 0 Å². The summed E-state index contributed by atoms with van der Waals surface area (Å²) >= 11 is 1.43. The summed E-state index contributed by atoms with van der Waals surface area (Å²) in [7, 11) is 0. The summed E-state index contributed by atoms with van der Waals surface area (Å²) in [5.41, 5.74) is 5.95. The number of aliphatic hydroxyl groups excluding tert-OH is 1. The minimum absolute atomic E-state index is 0.0457. The molecule has 5 nitrogen and oxygen atoms in total. The highest BCUT2D eigenvalue weighted by Gasteiger charge is 2.28. The third-order valence-corrected chi connectivity index (χ3v) is 3.82. The molecule has 1 fully saturated rings. The van der Waals surface area contributed by atoms with E-state index in [2.05, 4.69) is 11.8 Å². The van der Waals surface area contributed by atoms with E-state index in [4.69, 9.17) is 10.5 Å². The van der Waals surface area contributed by atoms with Crippen molar-refractivity contribution >= 4 is 17.2 Å². The van der Waals surface area contributed by atoms with Gasteiger partial charge in [0, 0.05) is 18.5 Å². The van der Waals surface area contributed by atoms with E-state index in [1.54, 1.807) is 16.3 Å². The SMILES string of the molecule is CC1CN(C(=O)c2csc(C#CCN)c2)CC(CO)O1. The molecule has 0 aliphatic carbocycles. The van der Waals surface area contributed by atoms with Crippen molar-refractivity contribution < 1.29 is 14.6 Å². The zero-order chi connectivity index (χ0) is 14.5. The van der Waals surface area contributed by atoms with Crippen LogP contribution in [0.2, 0.25) is 0 Å². The van der Waals surface area contributed by atoms with Crippen LogP contribution in [-0.2, 0) is 4.74 Å². The van der Waals surface area contributed by atoms with E-state index in [0.29, 0.717) is 25.2 Å². The summed E-state index contributed by atoms with van der Waals surface area (Å²) in [5.74, 6) is 5.64. The molecule has 1 aliphatic heterocycles. The molecule has 1 aromatic rings. The van der Waals surface area contributed by atoms with Crippen LogP contribution < -0.4 is 5.73 Å². The van der Waals surface area contributed by atoms with Gasteiger partial charge in [0.15, 0.2) is 0 Å². The standard InChI is InChI=1S/C14H18N2O3S/c1-10-6-16(7-12(8-17)19-10)14(18)11-5-13(20-9-11)3-2-4-15/h5,9-10,12,17H,4,6-8,15H2,1H3. The maximum Gasteiger partial charge on any atom is 0.254 e. The molecule has 2 rings (SSSR count). The molecule has 2 atom stereocenters. The molecular weight excluding hydrogens is 276 g/mol. The fraction of sp³-hybridized carbons (Fsp3) is 0.500. The van der Waals surface area contributed by atoms with Gasteiger partial charge in [0.1, 0.15) is 0 Å². The Morgan fingerprint density at radius 2 is 2.45 bits per heavy atom. The molecule has 2 unspecified atom stereocenters. The number of morpholine rings is 1. The molecule has 0 aromatic carbocycles. The highest BCUT2D eigenvalue weighted by Crippen LogP contribution is 2.18. The topological polar surface area (TPSA) is 75.8 Å². The lowest BCUT2D eigenvalue weighted by molar-refractivity contribution is -0.0858. The molecule has 2 heterocycles. The molecule has 1 aliphatic rings. The van der Waals surface area contributed by atoms with E-state index in [1.165, 1.54) is 11.3 Å². The second-order valence-electron chi connectivity index (χ2n) is 4.67. The summed E-state index contributed by atoms with van der Waals surface area (Å²) in [6.07, 6.45) is -0.377. The number of hydrogen-bond acceptors (Lipinski definition) is 5. The Balaban J connectivity index is 2.08. The van der Waals surface area contributed by atoms with E-state index < -0.39 is 0 Å². The van der Waals surface area contributed by atoms with E-state index in [9.17, 15) is 9.90 Å². The van der Waals surface area contributed by atoms with Crippen molar-refractivity contribution in [2.75, 3.05) is 26.2 Å². The monoisotopic (exact) mass is 294 g/mol. The molecule has 0 spiro atoms. The van der Waals surface area contributed by atoms with Crippen LogP contribution in [0, 0.1) is 11.8 Å². The Hall–Kier alpha value is -1.39. The van der Waals surface area contributed by atoms with Gasteiger partial charge < -0.3 is 20.5 Å². The van der Waals surface area contributed by atoms with Gasteiger partial charge >= 0.3 is 0 Å². The molecule has 1 saturated heterocycles. The third kappa shape index (κ3) is 3.58. The lowest BCUT2D eigenvalue weighted by Crippen LogP contribution is -2.50. The fourth-order valence-corrected chi connectivity index (χ4v) is 2.90. The average Bonchev–Trinajstić information content (AvgIpc) is 2.92. The summed E-state index contributed by atoms with van der Waals surface area (Å²) < 4.78 is 5.53. The number of carbonyl (C=O) groups excluding carboxylic acids is 1.